The van der Waals surface area contributed by atoms with Crippen molar-refractivity contribution in [1.82, 2.24) is 0 Å². The SMILES string of the molecule is FCCCCCc1[c]cccc1. The maximum atomic E-state index is 11.7. The molecular formula is C11H14F. The van der Waals surface area contributed by atoms with E-state index in [1.54, 1.807) is 0 Å². The number of unbranched alkanes of at least 4 members (excludes halogenated alkanes) is 2. The van der Waals surface area contributed by atoms with Crippen molar-refractivity contribution in [2.75, 3.05) is 6.67 Å². The van der Waals surface area contributed by atoms with Crippen LogP contribution in [0.15, 0.2) is 24.3 Å². The lowest BCUT2D eigenvalue weighted by Crippen LogP contribution is -1.85. The summed E-state index contributed by atoms with van der Waals surface area (Å²) >= 11 is 0. The number of hydrogen-bond donors (Lipinski definition) is 0. The molecule has 0 amide bonds. The van der Waals surface area contributed by atoms with Crippen LogP contribution in [0.5, 0.6) is 0 Å². The summed E-state index contributed by atoms with van der Waals surface area (Å²) < 4.78 is 11.7. The van der Waals surface area contributed by atoms with E-state index in [1.807, 2.05) is 18.2 Å². The van der Waals surface area contributed by atoms with Gasteiger partial charge in [0, 0.05) is 0 Å². The Hall–Kier alpha value is -0.850. The van der Waals surface area contributed by atoms with Crippen LogP contribution >= 0.6 is 0 Å². The molecule has 0 aliphatic heterocycles. The summed E-state index contributed by atoms with van der Waals surface area (Å²) in [5, 5.41) is 0. The van der Waals surface area contributed by atoms with Gasteiger partial charge in [-0.2, -0.15) is 0 Å². The minimum absolute atomic E-state index is 0.182. The summed E-state index contributed by atoms with van der Waals surface area (Å²) in [7, 11) is 0. The van der Waals surface area contributed by atoms with Gasteiger partial charge in [-0.05, 0) is 30.9 Å². The smallest absolute Gasteiger partial charge is 0.0894 e. The summed E-state index contributed by atoms with van der Waals surface area (Å²) in [4.78, 5) is 0. The average Bonchev–Trinajstić information content (AvgIpc) is 2.14. The first kappa shape index (κ1) is 9.24. The third-order valence-corrected chi connectivity index (χ3v) is 1.85. The van der Waals surface area contributed by atoms with Gasteiger partial charge in [0.2, 0.25) is 0 Å². The number of rotatable bonds is 5. The lowest BCUT2D eigenvalue weighted by molar-refractivity contribution is 0.456. The zero-order valence-corrected chi connectivity index (χ0v) is 7.22. The number of aryl methyl sites for hydroxylation is 1. The molecule has 0 heterocycles. The van der Waals surface area contributed by atoms with Crippen molar-refractivity contribution in [3.63, 3.8) is 0 Å². The number of alkyl halides is 1. The Balaban J connectivity index is 2.16. The highest BCUT2D eigenvalue weighted by atomic mass is 19.1. The van der Waals surface area contributed by atoms with E-state index in [-0.39, 0.29) is 6.67 Å². The maximum Gasteiger partial charge on any atom is 0.0894 e. The zero-order valence-electron chi connectivity index (χ0n) is 7.22. The van der Waals surface area contributed by atoms with Crippen LogP contribution in [0.1, 0.15) is 24.8 Å². The monoisotopic (exact) mass is 165 g/mol. The van der Waals surface area contributed by atoms with E-state index in [0.29, 0.717) is 6.42 Å². The van der Waals surface area contributed by atoms with Crippen molar-refractivity contribution >= 4 is 0 Å². The van der Waals surface area contributed by atoms with Gasteiger partial charge in [-0.25, -0.2) is 0 Å². The quantitative estimate of drug-likeness (QED) is 0.588. The molecule has 1 aromatic carbocycles. The van der Waals surface area contributed by atoms with E-state index in [1.165, 1.54) is 5.56 Å². The molecule has 0 unspecified atom stereocenters. The normalized spacial score (nSPS) is 10.1. The lowest BCUT2D eigenvalue weighted by atomic mass is 10.1. The molecule has 65 valence electrons. The van der Waals surface area contributed by atoms with Crippen molar-refractivity contribution in [1.29, 1.82) is 0 Å². The Kier molecular flexibility index (Phi) is 4.43. The standard InChI is InChI=1S/C11H14F/c12-10-6-2-5-9-11-7-3-1-4-8-11/h1,3-4,7H,2,5-6,9-10H2. The molecule has 1 rings (SSSR count). The Morgan fingerprint density at radius 3 is 2.75 bits per heavy atom. The van der Waals surface area contributed by atoms with Crippen molar-refractivity contribution in [2.24, 2.45) is 0 Å². The molecule has 0 spiro atoms. The zero-order chi connectivity index (χ0) is 8.65. The summed E-state index contributed by atoms with van der Waals surface area (Å²) in [5.74, 6) is 0. The number of benzene rings is 1. The third-order valence-electron chi connectivity index (χ3n) is 1.85. The van der Waals surface area contributed by atoms with Crippen LogP contribution in [0.4, 0.5) is 4.39 Å². The maximum absolute atomic E-state index is 11.7. The van der Waals surface area contributed by atoms with Crippen LogP contribution in [-0.4, -0.2) is 6.67 Å². The van der Waals surface area contributed by atoms with E-state index < -0.39 is 0 Å². The van der Waals surface area contributed by atoms with E-state index in [9.17, 15) is 4.39 Å². The highest BCUT2D eigenvalue weighted by molar-refractivity contribution is 5.12. The van der Waals surface area contributed by atoms with Crippen LogP contribution < -0.4 is 0 Å². The molecule has 1 heteroatoms. The molecule has 1 aromatic rings. The first-order valence-corrected chi connectivity index (χ1v) is 4.45. The number of halogens is 1. The molecule has 0 fully saturated rings. The Morgan fingerprint density at radius 2 is 2.08 bits per heavy atom. The van der Waals surface area contributed by atoms with Crippen LogP contribution in [0.25, 0.3) is 0 Å². The van der Waals surface area contributed by atoms with Gasteiger partial charge >= 0.3 is 0 Å². The van der Waals surface area contributed by atoms with E-state index in [0.717, 1.165) is 19.3 Å². The van der Waals surface area contributed by atoms with Crippen molar-refractivity contribution in [3.8, 4) is 0 Å². The van der Waals surface area contributed by atoms with Crippen LogP contribution in [0, 0.1) is 6.07 Å². The summed E-state index contributed by atoms with van der Waals surface area (Å²) in [6.07, 6.45) is 3.79. The van der Waals surface area contributed by atoms with Crippen molar-refractivity contribution < 1.29 is 4.39 Å². The second-order valence-corrected chi connectivity index (χ2v) is 2.89. The van der Waals surface area contributed by atoms with Gasteiger partial charge in [0.25, 0.3) is 0 Å². The molecule has 0 aromatic heterocycles. The lowest BCUT2D eigenvalue weighted by Gasteiger charge is -1.98. The minimum Gasteiger partial charge on any atom is -0.251 e. The van der Waals surface area contributed by atoms with E-state index >= 15 is 0 Å². The van der Waals surface area contributed by atoms with Crippen molar-refractivity contribution in [3.05, 3.63) is 35.9 Å². The highest BCUT2D eigenvalue weighted by Gasteiger charge is 1.91. The second kappa shape index (κ2) is 5.76. The minimum atomic E-state index is -0.182. The van der Waals surface area contributed by atoms with Crippen LogP contribution in [-0.2, 0) is 6.42 Å². The topological polar surface area (TPSA) is 0 Å². The molecule has 1 radical (unpaired) electrons. The molecule has 0 aliphatic carbocycles. The second-order valence-electron chi connectivity index (χ2n) is 2.89. The fraction of sp³-hybridized carbons (Fsp3) is 0.455. The molecule has 0 bridgehead atoms. The van der Waals surface area contributed by atoms with E-state index in [4.69, 9.17) is 0 Å². The summed E-state index contributed by atoms with van der Waals surface area (Å²) in [6.45, 7) is -0.182. The predicted molar refractivity (Wildman–Crippen MR) is 48.8 cm³/mol. The molecule has 12 heavy (non-hydrogen) atoms. The van der Waals surface area contributed by atoms with Gasteiger partial charge < -0.3 is 0 Å². The first-order valence-electron chi connectivity index (χ1n) is 4.45. The average molecular weight is 165 g/mol. The fourth-order valence-electron chi connectivity index (χ4n) is 1.17. The van der Waals surface area contributed by atoms with Gasteiger partial charge in [0.1, 0.15) is 0 Å². The molecule has 0 nitrogen and oxygen atoms in total. The molecule has 0 N–H and O–H groups in total. The van der Waals surface area contributed by atoms with Gasteiger partial charge in [-0.1, -0.05) is 30.7 Å². The highest BCUT2D eigenvalue weighted by Crippen LogP contribution is 2.05. The summed E-state index contributed by atoms with van der Waals surface area (Å²) in [6, 6.07) is 11.1. The van der Waals surface area contributed by atoms with Gasteiger partial charge in [-0.3, -0.25) is 4.39 Å². The predicted octanol–water partition coefficient (Wildman–Crippen LogP) is 3.17. The Labute approximate surface area is 73.4 Å². The molecule has 0 atom stereocenters. The van der Waals surface area contributed by atoms with Gasteiger partial charge in [0.15, 0.2) is 0 Å². The van der Waals surface area contributed by atoms with Crippen LogP contribution in [0.3, 0.4) is 0 Å². The van der Waals surface area contributed by atoms with Crippen LogP contribution in [0.2, 0.25) is 0 Å². The third kappa shape index (κ3) is 3.51. The number of hydrogen-bond acceptors (Lipinski definition) is 0. The van der Waals surface area contributed by atoms with Gasteiger partial charge in [-0.15, -0.1) is 0 Å². The summed E-state index contributed by atoms with van der Waals surface area (Å²) in [5.41, 5.74) is 1.23. The molecule has 0 saturated carbocycles. The first-order chi connectivity index (χ1) is 5.93. The molecule has 0 saturated heterocycles. The fourth-order valence-corrected chi connectivity index (χ4v) is 1.17. The molecular weight excluding hydrogens is 151 g/mol. The molecule has 0 aliphatic rings. The largest absolute Gasteiger partial charge is 0.251 e. The van der Waals surface area contributed by atoms with E-state index in [2.05, 4.69) is 12.1 Å². The van der Waals surface area contributed by atoms with Gasteiger partial charge in [0.05, 0.1) is 6.67 Å². The van der Waals surface area contributed by atoms with Crippen molar-refractivity contribution in [2.45, 2.75) is 25.7 Å². The Morgan fingerprint density at radius 1 is 1.17 bits per heavy atom. The Bertz CT molecular complexity index is 193.